The maximum Gasteiger partial charge on any atom is 0.248 e. The van der Waals surface area contributed by atoms with Gasteiger partial charge in [-0.1, -0.05) is 30.3 Å². The molecule has 2 amide bonds. The van der Waals surface area contributed by atoms with Crippen molar-refractivity contribution in [3.05, 3.63) is 77.4 Å². The number of rotatable bonds is 8. The second kappa shape index (κ2) is 10.0. The number of benzene rings is 2. The van der Waals surface area contributed by atoms with Crippen LogP contribution in [-0.4, -0.2) is 17.6 Å². The minimum absolute atomic E-state index is 0.270. The minimum Gasteiger partial charge on any atom is -0.370 e. The molecule has 4 nitrogen and oxygen atoms in total. The number of thiophene rings is 1. The molecule has 0 saturated carbocycles. The molecule has 29 heavy (non-hydrogen) atoms. The van der Waals surface area contributed by atoms with Crippen molar-refractivity contribution in [2.45, 2.75) is 11.3 Å². The van der Waals surface area contributed by atoms with E-state index in [-0.39, 0.29) is 24.1 Å². The Morgan fingerprint density at radius 2 is 1.83 bits per heavy atom. The summed E-state index contributed by atoms with van der Waals surface area (Å²) in [4.78, 5) is 25.7. The van der Waals surface area contributed by atoms with Gasteiger partial charge in [0.1, 0.15) is 5.82 Å². The molecule has 1 heterocycles. The highest BCUT2D eigenvalue weighted by molar-refractivity contribution is 7.99. The van der Waals surface area contributed by atoms with Crippen molar-refractivity contribution in [2.24, 2.45) is 5.73 Å². The van der Waals surface area contributed by atoms with Gasteiger partial charge in [0.25, 0.3) is 0 Å². The highest BCUT2D eigenvalue weighted by Gasteiger charge is 2.08. The van der Waals surface area contributed by atoms with Gasteiger partial charge in [0.05, 0.1) is 5.69 Å². The lowest BCUT2D eigenvalue weighted by molar-refractivity contribution is -0.117. The quantitative estimate of drug-likeness (QED) is 0.385. The molecule has 3 aromatic rings. The van der Waals surface area contributed by atoms with Crippen molar-refractivity contribution in [3.8, 4) is 10.4 Å². The third-order valence-corrected chi connectivity index (χ3v) is 6.08. The lowest BCUT2D eigenvalue weighted by atomic mass is 10.2. The molecule has 1 aromatic heterocycles. The van der Waals surface area contributed by atoms with Gasteiger partial charge in [0, 0.05) is 38.5 Å². The Hall–Kier alpha value is -2.90. The first-order chi connectivity index (χ1) is 14.0. The fraction of sp³-hybridized carbons (Fsp3) is 0.0909. The molecule has 0 fully saturated rings. The summed E-state index contributed by atoms with van der Waals surface area (Å²) in [7, 11) is 0. The molecule has 0 unspecified atom stereocenters. The first-order valence-corrected chi connectivity index (χ1v) is 10.7. The molecule has 3 rings (SSSR count). The topological polar surface area (TPSA) is 72.2 Å². The molecule has 0 bridgehead atoms. The molecule has 2 aromatic carbocycles. The van der Waals surface area contributed by atoms with Crippen LogP contribution in [0.3, 0.4) is 0 Å². The largest absolute Gasteiger partial charge is 0.370 e. The van der Waals surface area contributed by atoms with E-state index in [4.69, 9.17) is 5.73 Å². The van der Waals surface area contributed by atoms with E-state index in [0.717, 1.165) is 14.6 Å². The number of primary amides is 1. The number of hydrogen-bond donors (Lipinski definition) is 2. The van der Waals surface area contributed by atoms with Crippen LogP contribution in [-0.2, 0) is 9.59 Å². The fourth-order valence-electron chi connectivity index (χ4n) is 2.54. The van der Waals surface area contributed by atoms with Gasteiger partial charge < -0.3 is 11.1 Å². The third-order valence-electron chi connectivity index (χ3n) is 3.92. The number of nitrogens with one attached hydrogen (secondary N) is 1. The summed E-state index contributed by atoms with van der Waals surface area (Å²) in [6.45, 7) is 0. The second-order valence-corrected chi connectivity index (χ2v) is 8.32. The summed E-state index contributed by atoms with van der Waals surface area (Å²) in [5, 5.41) is 2.85. The van der Waals surface area contributed by atoms with Crippen LogP contribution in [0.2, 0.25) is 0 Å². The summed E-state index contributed by atoms with van der Waals surface area (Å²) in [5.41, 5.74) is 6.39. The van der Waals surface area contributed by atoms with Crippen molar-refractivity contribution in [1.82, 2.24) is 0 Å². The van der Waals surface area contributed by atoms with E-state index in [1.165, 1.54) is 35.2 Å². The number of thioether (sulfide) groups is 1. The van der Waals surface area contributed by atoms with E-state index in [0.29, 0.717) is 17.0 Å². The van der Waals surface area contributed by atoms with Gasteiger partial charge >= 0.3 is 0 Å². The summed E-state index contributed by atoms with van der Waals surface area (Å²) >= 11 is 2.87. The van der Waals surface area contributed by atoms with Gasteiger partial charge in [-0.3, -0.25) is 9.59 Å². The Kier molecular flexibility index (Phi) is 7.21. The maximum atomic E-state index is 13.9. The van der Waals surface area contributed by atoms with E-state index in [1.54, 1.807) is 30.3 Å². The lowest BCUT2D eigenvalue weighted by Gasteiger charge is -2.08. The number of anilines is 1. The third kappa shape index (κ3) is 6.04. The van der Waals surface area contributed by atoms with Crippen LogP contribution in [0.15, 0.2) is 71.6 Å². The molecule has 0 saturated heterocycles. The molecule has 0 aliphatic carbocycles. The molecule has 0 aliphatic rings. The van der Waals surface area contributed by atoms with E-state index in [1.807, 2.05) is 30.3 Å². The number of para-hydroxylation sites is 1. The van der Waals surface area contributed by atoms with Crippen molar-refractivity contribution >= 4 is 46.7 Å². The normalized spacial score (nSPS) is 10.9. The van der Waals surface area contributed by atoms with Crippen LogP contribution in [0.4, 0.5) is 10.1 Å². The Labute approximate surface area is 176 Å². The predicted octanol–water partition coefficient (Wildman–Crippen LogP) is 5.17. The summed E-state index contributed by atoms with van der Waals surface area (Å²) in [6, 6.07) is 17.7. The Morgan fingerprint density at radius 1 is 1.07 bits per heavy atom. The molecule has 0 atom stereocenters. The summed E-state index contributed by atoms with van der Waals surface area (Å²) < 4.78 is 13.9. The Balaban J connectivity index is 1.64. The SMILES string of the molecule is NC(=O)CCSc1ccccc1NC(=O)/C=C/c1ccc(-c2ccccc2F)s1. The van der Waals surface area contributed by atoms with E-state index >= 15 is 0 Å². The van der Waals surface area contributed by atoms with Gasteiger partial charge in [-0.25, -0.2) is 4.39 Å². The van der Waals surface area contributed by atoms with Gasteiger partial charge in [0.2, 0.25) is 11.8 Å². The monoisotopic (exact) mass is 426 g/mol. The Morgan fingerprint density at radius 3 is 2.62 bits per heavy atom. The molecule has 148 valence electrons. The predicted molar refractivity (Wildman–Crippen MR) is 118 cm³/mol. The number of amides is 2. The van der Waals surface area contributed by atoms with Gasteiger partial charge in [-0.15, -0.1) is 23.1 Å². The first-order valence-electron chi connectivity index (χ1n) is 8.87. The zero-order valence-electron chi connectivity index (χ0n) is 15.4. The van der Waals surface area contributed by atoms with Crippen molar-refractivity contribution in [1.29, 1.82) is 0 Å². The van der Waals surface area contributed by atoms with E-state index < -0.39 is 0 Å². The van der Waals surface area contributed by atoms with Crippen LogP contribution in [0, 0.1) is 5.82 Å². The number of hydrogen-bond acceptors (Lipinski definition) is 4. The standard InChI is InChI=1S/C22H19FN2O2S2/c23-17-6-2-1-5-16(17)19-11-9-15(29-19)10-12-22(27)25-18-7-3-4-8-20(18)28-14-13-21(24)26/h1-12H,13-14H2,(H2,24,26)(H,25,27)/b12-10+. The molecule has 0 spiro atoms. The van der Waals surface area contributed by atoms with Gasteiger partial charge in [0.15, 0.2) is 0 Å². The van der Waals surface area contributed by atoms with E-state index in [9.17, 15) is 14.0 Å². The molecule has 0 aliphatic heterocycles. The highest BCUT2D eigenvalue weighted by Crippen LogP contribution is 2.31. The van der Waals surface area contributed by atoms with Gasteiger partial charge in [-0.05, 0) is 36.4 Å². The smallest absolute Gasteiger partial charge is 0.248 e. The lowest BCUT2D eigenvalue weighted by Crippen LogP contribution is -2.11. The zero-order chi connectivity index (χ0) is 20.6. The first kappa shape index (κ1) is 20.8. The van der Waals surface area contributed by atoms with Crippen LogP contribution in [0.1, 0.15) is 11.3 Å². The minimum atomic E-state index is -0.354. The van der Waals surface area contributed by atoms with Crippen molar-refractivity contribution in [2.75, 3.05) is 11.1 Å². The highest BCUT2D eigenvalue weighted by atomic mass is 32.2. The number of halogens is 1. The van der Waals surface area contributed by atoms with Crippen LogP contribution in [0.25, 0.3) is 16.5 Å². The van der Waals surface area contributed by atoms with Crippen molar-refractivity contribution < 1.29 is 14.0 Å². The summed E-state index contributed by atoms with van der Waals surface area (Å²) in [5.74, 6) is -0.346. The van der Waals surface area contributed by atoms with Crippen LogP contribution in [0.5, 0.6) is 0 Å². The second-order valence-electron chi connectivity index (χ2n) is 6.07. The fourth-order valence-corrected chi connectivity index (χ4v) is 4.45. The molecule has 3 N–H and O–H groups in total. The van der Waals surface area contributed by atoms with Crippen LogP contribution < -0.4 is 11.1 Å². The van der Waals surface area contributed by atoms with E-state index in [2.05, 4.69) is 5.32 Å². The molecule has 0 radical (unpaired) electrons. The van der Waals surface area contributed by atoms with Crippen molar-refractivity contribution in [3.63, 3.8) is 0 Å². The molecular weight excluding hydrogens is 407 g/mol. The average Bonchev–Trinajstić information content (AvgIpc) is 3.17. The number of carbonyl (C=O) groups is 2. The maximum absolute atomic E-state index is 13.9. The molecular formula is C22H19FN2O2S2. The van der Waals surface area contributed by atoms with Crippen LogP contribution >= 0.6 is 23.1 Å². The summed E-state index contributed by atoms with van der Waals surface area (Å²) in [6.07, 6.45) is 3.42. The number of nitrogens with two attached hydrogens (primary N) is 1. The van der Waals surface area contributed by atoms with Gasteiger partial charge in [-0.2, -0.15) is 0 Å². The Bertz CT molecular complexity index is 1050. The average molecular weight is 427 g/mol. The zero-order valence-corrected chi connectivity index (χ0v) is 17.1. The molecule has 7 heteroatoms. The number of carbonyl (C=O) groups excluding carboxylic acids is 2.